The average molecular weight is 341 g/mol. The third-order valence-corrected chi connectivity index (χ3v) is 4.30. The van der Waals surface area contributed by atoms with Crippen molar-refractivity contribution in [1.29, 1.82) is 0 Å². The third kappa shape index (κ3) is 3.75. The van der Waals surface area contributed by atoms with Gasteiger partial charge in [0.2, 0.25) is 0 Å². The van der Waals surface area contributed by atoms with Crippen molar-refractivity contribution in [3.8, 4) is 0 Å². The number of aryl methyl sites for hydroxylation is 2. The van der Waals surface area contributed by atoms with Gasteiger partial charge in [-0.1, -0.05) is 38.8 Å². The van der Waals surface area contributed by atoms with Crippen LogP contribution in [0.5, 0.6) is 0 Å². The molecule has 117 valence electrons. The molecule has 1 radical (unpaired) electrons. The minimum absolute atomic E-state index is 0. The molecule has 0 aliphatic heterocycles. The number of hydrogen-bond donors (Lipinski definition) is 0. The van der Waals surface area contributed by atoms with Crippen molar-refractivity contribution in [1.82, 2.24) is 0 Å². The molecular formula is C22H22Mn. The zero-order chi connectivity index (χ0) is 15.4. The quantitative estimate of drug-likeness (QED) is 0.299. The maximum atomic E-state index is 2.21. The predicted octanol–water partition coefficient (Wildman–Crippen LogP) is 6.24. The van der Waals surface area contributed by atoms with E-state index in [9.17, 15) is 0 Å². The molecule has 0 saturated heterocycles. The van der Waals surface area contributed by atoms with Gasteiger partial charge < -0.3 is 0 Å². The second-order valence-corrected chi connectivity index (χ2v) is 5.60. The largest absolute Gasteiger partial charge is 2.00 e. The zero-order valence-electron chi connectivity index (χ0n) is 13.7. The van der Waals surface area contributed by atoms with E-state index in [1.54, 1.807) is 0 Å². The summed E-state index contributed by atoms with van der Waals surface area (Å²) in [5, 5.41) is 5.55. The van der Waals surface area contributed by atoms with Gasteiger partial charge in [-0.2, -0.15) is 11.1 Å². The van der Waals surface area contributed by atoms with E-state index in [0.717, 1.165) is 12.8 Å². The Morgan fingerprint density at radius 1 is 0.652 bits per heavy atom. The van der Waals surface area contributed by atoms with Crippen LogP contribution in [0.1, 0.15) is 25.0 Å². The minimum atomic E-state index is 0. The van der Waals surface area contributed by atoms with Crippen LogP contribution in [0.3, 0.4) is 0 Å². The van der Waals surface area contributed by atoms with Crippen molar-refractivity contribution < 1.29 is 17.1 Å². The van der Waals surface area contributed by atoms with Crippen LogP contribution in [-0.4, -0.2) is 0 Å². The molecule has 23 heavy (non-hydrogen) atoms. The molecule has 0 fully saturated rings. The monoisotopic (exact) mass is 341 g/mol. The summed E-state index contributed by atoms with van der Waals surface area (Å²) in [7, 11) is 0. The van der Waals surface area contributed by atoms with Crippen LogP contribution in [0.2, 0.25) is 0 Å². The van der Waals surface area contributed by atoms with Crippen LogP contribution in [-0.2, 0) is 29.9 Å². The summed E-state index contributed by atoms with van der Waals surface area (Å²) in [5.74, 6) is 0. The van der Waals surface area contributed by atoms with E-state index in [1.807, 2.05) is 0 Å². The third-order valence-electron chi connectivity index (χ3n) is 4.30. The Balaban J connectivity index is 0.000000160. The molecule has 0 aromatic heterocycles. The molecular weight excluding hydrogens is 319 g/mol. The SMILES string of the molecule is CCc1c[cH-]c2ccccc12.CCc1c[cH-]c2ccccc12.[Mn+2]. The molecule has 0 N–H and O–H groups in total. The first kappa shape index (κ1) is 17.5. The van der Waals surface area contributed by atoms with Crippen LogP contribution in [0.4, 0.5) is 0 Å². The van der Waals surface area contributed by atoms with Gasteiger partial charge in [0.25, 0.3) is 0 Å². The Kier molecular flexibility index (Phi) is 6.21. The molecule has 0 heterocycles. The number of fused-ring (bicyclic) bond motifs is 2. The number of rotatable bonds is 2. The Bertz CT molecular complexity index is 790. The summed E-state index contributed by atoms with van der Waals surface area (Å²) in [4.78, 5) is 0. The van der Waals surface area contributed by atoms with Crippen molar-refractivity contribution in [2.24, 2.45) is 0 Å². The van der Waals surface area contributed by atoms with Crippen LogP contribution in [0.25, 0.3) is 21.5 Å². The fourth-order valence-corrected chi connectivity index (χ4v) is 3.05. The first-order chi connectivity index (χ1) is 10.8. The molecule has 4 aromatic carbocycles. The molecule has 0 aliphatic rings. The summed E-state index contributed by atoms with van der Waals surface area (Å²) in [6.07, 6.45) is 2.26. The van der Waals surface area contributed by atoms with Gasteiger partial charge >= 0.3 is 17.1 Å². The molecule has 0 unspecified atom stereocenters. The van der Waals surface area contributed by atoms with E-state index >= 15 is 0 Å². The van der Waals surface area contributed by atoms with Gasteiger partial charge in [0.1, 0.15) is 0 Å². The zero-order valence-corrected chi connectivity index (χ0v) is 14.9. The molecule has 0 nitrogen and oxygen atoms in total. The average Bonchev–Trinajstić information content (AvgIpc) is 3.19. The normalized spacial score (nSPS) is 10.2. The number of hydrogen-bond acceptors (Lipinski definition) is 0. The van der Waals surface area contributed by atoms with E-state index in [0.29, 0.717) is 0 Å². The van der Waals surface area contributed by atoms with Crippen molar-refractivity contribution in [3.05, 3.63) is 83.9 Å². The fourth-order valence-electron chi connectivity index (χ4n) is 3.05. The second-order valence-electron chi connectivity index (χ2n) is 5.60. The van der Waals surface area contributed by atoms with Crippen LogP contribution in [0, 0.1) is 0 Å². The molecule has 0 aliphatic carbocycles. The smallest absolute Gasteiger partial charge is 0.154 e. The molecule has 0 amide bonds. The first-order valence-electron chi connectivity index (χ1n) is 8.10. The van der Waals surface area contributed by atoms with Gasteiger partial charge in [-0.3, -0.25) is 0 Å². The van der Waals surface area contributed by atoms with Crippen molar-refractivity contribution in [2.75, 3.05) is 0 Å². The van der Waals surface area contributed by atoms with E-state index in [-0.39, 0.29) is 17.1 Å². The van der Waals surface area contributed by atoms with Gasteiger partial charge in [-0.05, 0) is 0 Å². The fraction of sp³-hybridized carbons (Fsp3) is 0.182. The molecule has 0 bridgehead atoms. The molecule has 0 saturated carbocycles. The van der Waals surface area contributed by atoms with Gasteiger partial charge in [-0.15, -0.1) is 82.2 Å². The maximum Gasteiger partial charge on any atom is 2.00 e. The summed E-state index contributed by atoms with van der Waals surface area (Å²) in [6, 6.07) is 25.9. The summed E-state index contributed by atoms with van der Waals surface area (Å²) in [5.41, 5.74) is 2.92. The van der Waals surface area contributed by atoms with Crippen molar-refractivity contribution >= 4 is 21.5 Å². The molecule has 1 heteroatoms. The Morgan fingerprint density at radius 2 is 1.04 bits per heavy atom. The standard InChI is InChI=1S/2C11H11.Mn/c2*1-2-9-7-8-10-5-3-4-6-11(9)10;/h2*3-8H,2H2,1H3;/q2*-1;+2. The maximum absolute atomic E-state index is 2.21. The van der Waals surface area contributed by atoms with Crippen LogP contribution < -0.4 is 0 Å². The molecule has 0 spiro atoms. The molecule has 4 aromatic rings. The summed E-state index contributed by atoms with van der Waals surface area (Å²) in [6.45, 7) is 4.39. The van der Waals surface area contributed by atoms with E-state index in [2.05, 4.69) is 86.6 Å². The van der Waals surface area contributed by atoms with Crippen molar-refractivity contribution in [2.45, 2.75) is 26.7 Å². The second kappa shape index (κ2) is 8.15. The van der Waals surface area contributed by atoms with Crippen molar-refractivity contribution in [3.63, 3.8) is 0 Å². The predicted molar refractivity (Wildman–Crippen MR) is 97.8 cm³/mol. The van der Waals surface area contributed by atoms with E-state index in [4.69, 9.17) is 0 Å². The van der Waals surface area contributed by atoms with Gasteiger partial charge in [0.05, 0.1) is 0 Å². The van der Waals surface area contributed by atoms with Crippen LogP contribution >= 0.6 is 0 Å². The molecule has 4 rings (SSSR count). The van der Waals surface area contributed by atoms with E-state index < -0.39 is 0 Å². The Morgan fingerprint density at radius 3 is 1.43 bits per heavy atom. The Hall–Kier alpha value is -1.82. The van der Waals surface area contributed by atoms with Gasteiger partial charge in [0, 0.05) is 0 Å². The minimum Gasteiger partial charge on any atom is -0.154 e. The number of benzene rings is 2. The van der Waals surface area contributed by atoms with Gasteiger partial charge in [-0.25, -0.2) is 0 Å². The molecule has 0 atom stereocenters. The topological polar surface area (TPSA) is 0 Å². The summed E-state index contributed by atoms with van der Waals surface area (Å²) < 4.78 is 0. The summed E-state index contributed by atoms with van der Waals surface area (Å²) >= 11 is 0. The van der Waals surface area contributed by atoms with E-state index in [1.165, 1.54) is 32.7 Å². The van der Waals surface area contributed by atoms with Gasteiger partial charge in [0.15, 0.2) is 0 Å². The Labute approximate surface area is 149 Å². The first-order valence-corrected chi connectivity index (χ1v) is 8.10. The van der Waals surface area contributed by atoms with Crippen LogP contribution in [0.15, 0.2) is 72.8 Å².